The number of aromatic nitrogens is 2. The molecule has 0 fully saturated rings. The van der Waals surface area contributed by atoms with E-state index in [9.17, 15) is 15.0 Å². The monoisotopic (exact) mass is 272 g/mol. The van der Waals surface area contributed by atoms with Crippen molar-refractivity contribution >= 4 is 17.3 Å². The summed E-state index contributed by atoms with van der Waals surface area (Å²) in [7, 11) is 0. The van der Waals surface area contributed by atoms with E-state index >= 15 is 0 Å². The first-order valence-corrected chi connectivity index (χ1v) is 5.95. The highest BCUT2D eigenvalue weighted by Crippen LogP contribution is 2.27. The average Bonchev–Trinajstić information content (AvgIpc) is 3.00. The molecule has 0 radical (unpaired) electrons. The van der Waals surface area contributed by atoms with Gasteiger partial charge in [0.1, 0.15) is 0 Å². The van der Waals surface area contributed by atoms with E-state index in [4.69, 9.17) is 0 Å². The van der Waals surface area contributed by atoms with Crippen LogP contribution in [0.3, 0.4) is 0 Å². The number of anilines is 1. The number of carbonyl (C=O) groups excluding carboxylic acids is 1. The number of amides is 1. The smallest absolute Gasteiger partial charge is 0.314 e. The summed E-state index contributed by atoms with van der Waals surface area (Å²) >= 11 is 0. The lowest BCUT2D eigenvalue weighted by atomic mass is 10.1. The molecule has 1 aromatic heterocycles. The molecule has 0 unspecified atom stereocenters. The van der Waals surface area contributed by atoms with Crippen molar-refractivity contribution in [1.29, 1.82) is 0 Å². The number of carbonyl (C=O) groups is 1. The standard InChI is InChI=1S/C13H12N4O3/c1-8-2-4-9(5-3-8)17-12(18)13(19,20)11(16-17)10-6-7-14-15-10/h2-7,19-20H,1H3,(H,14,15). The summed E-state index contributed by atoms with van der Waals surface area (Å²) in [6.07, 6.45) is 1.44. The molecule has 3 N–H and O–H groups in total. The second kappa shape index (κ2) is 4.26. The number of aryl methyl sites for hydroxylation is 1. The topological polar surface area (TPSA) is 102 Å². The molecule has 7 nitrogen and oxygen atoms in total. The maximum Gasteiger partial charge on any atom is 0.314 e. The number of hydrazone groups is 1. The number of benzene rings is 1. The number of hydrogen-bond acceptors (Lipinski definition) is 5. The first kappa shape index (κ1) is 12.5. The van der Waals surface area contributed by atoms with E-state index in [2.05, 4.69) is 15.3 Å². The molecular formula is C13H12N4O3. The lowest BCUT2D eigenvalue weighted by molar-refractivity contribution is -0.156. The second-order valence-electron chi connectivity index (χ2n) is 4.54. The van der Waals surface area contributed by atoms with E-state index in [0.717, 1.165) is 10.6 Å². The predicted octanol–water partition coefficient (Wildman–Crippen LogP) is 0.150. The van der Waals surface area contributed by atoms with Gasteiger partial charge in [0.25, 0.3) is 5.79 Å². The fourth-order valence-electron chi connectivity index (χ4n) is 1.95. The molecule has 1 aliphatic rings. The van der Waals surface area contributed by atoms with Crippen molar-refractivity contribution in [3.8, 4) is 0 Å². The predicted molar refractivity (Wildman–Crippen MR) is 71.0 cm³/mol. The first-order chi connectivity index (χ1) is 9.50. The van der Waals surface area contributed by atoms with Crippen molar-refractivity contribution in [1.82, 2.24) is 10.2 Å². The van der Waals surface area contributed by atoms with E-state index in [1.165, 1.54) is 12.3 Å². The fourth-order valence-corrected chi connectivity index (χ4v) is 1.95. The summed E-state index contributed by atoms with van der Waals surface area (Å²) in [6.45, 7) is 1.91. The average molecular weight is 272 g/mol. The van der Waals surface area contributed by atoms with Crippen LogP contribution >= 0.6 is 0 Å². The van der Waals surface area contributed by atoms with Crippen molar-refractivity contribution in [3.05, 3.63) is 47.8 Å². The first-order valence-electron chi connectivity index (χ1n) is 5.95. The zero-order valence-electron chi connectivity index (χ0n) is 10.6. The molecule has 0 bridgehead atoms. The molecule has 3 rings (SSSR count). The molecule has 0 atom stereocenters. The molecule has 0 spiro atoms. The lowest BCUT2D eigenvalue weighted by Crippen LogP contribution is -2.46. The highest BCUT2D eigenvalue weighted by Gasteiger charge is 2.50. The van der Waals surface area contributed by atoms with Gasteiger partial charge in [-0.05, 0) is 25.1 Å². The van der Waals surface area contributed by atoms with Gasteiger partial charge in [0, 0.05) is 6.20 Å². The normalized spacial score (nSPS) is 17.4. The molecular weight excluding hydrogens is 260 g/mol. The van der Waals surface area contributed by atoms with E-state index in [-0.39, 0.29) is 11.4 Å². The quantitative estimate of drug-likeness (QED) is 0.677. The van der Waals surface area contributed by atoms with Gasteiger partial charge in [0.05, 0.1) is 11.4 Å². The molecule has 0 saturated heterocycles. The van der Waals surface area contributed by atoms with E-state index in [0.29, 0.717) is 5.69 Å². The van der Waals surface area contributed by atoms with Gasteiger partial charge < -0.3 is 10.2 Å². The highest BCUT2D eigenvalue weighted by molar-refractivity contribution is 6.25. The zero-order valence-corrected chi connectivity index (χ0v) is 10.6. The van der Waals surface area contributed by atoms with Crippen LogP contribution in [0.1, 0.15) is 11.3 Å². The van der Waals surface area contributed by atoms with Gasteiger partial charge in [0.2, 0.25) is 0 Å². The number of aromatic amines is 1. The molecule has 1 aliphatic heterocycles. The Balaban J connectivity index is 2.05. The maximum absolute atomic E-state index is 12.1. The van der Waals surface area contributed by atoms with Crippen LogP contribution < -0.4 is 5.01 Å². The van der Waals surface area contributed by atoms with Crippen molar-refractivity contribution in [2.45, 2.75) is 12.7 Å². The van der Waals surface area contributed by atoms with Crippen LogP contribution in [0.2, 0.25) is 0 Å². The van der Waals surface area contributed by atoms with Crippen molar-refractivity contribution < 1.29 is 15.0 Å². The number of H-pyrrole nitrogens is 1. The Hall–Kier alpha value is -2.51. The number of aliphatic hydroxyl groups is 2. The molecule has 2 heterocycles. The Morgan fingerprint density at radius 2 is 1.90 bits per heavy atom. The third-order valence-corrected chi connectivity index (χ3v) is 3.06. The van der Waals surface area contributed by atoms with Crippen LogP contribution in [0, 0.1) is 6.92 Å². The largest absolute Gasteiger partial charge is 0.353 e. The lowest BCUT2D eigenvalue weighted by Gasteiger charge is -2.16. The van der Waals surface area contributed by atoms with E-state index < -0.39 is 11.7 Å². The Bertz CT molecular complexity index is 674. The van der Waals surface area contributed by atoms with Crippen LogP contribution in [0.4, 0.5) is 5.69 Å². The van der Waals surface area contributed by atoms with E-state index in [1.807, 2.05) is 19.1 Å². The van der Waals surface area contributed by atoms with Crippen LogP contribution in [-0.2, 0) is 4.79 Å². The zero-order chi connectivity index (χ0) is 14.3. The summed E-state index contributed by atoms with van der Waals surface area (Å²) in [5, 5.41) is 31.2. The second-order valence-corrected chi connectivity index (χ2v) is 4.54. The summed E-state index contributed by atoms with van der Waals surface area (Å²) in [5.41, 5.74) is 1.58. The molecule has 1 amide bonds. The summed E-state index contributed by atoms with van der Waals surface area (Å²) in [5.74, 6) is -3.59. The van der Waals surface area contributed by atoms with Crippen LogP contribution in [0.25, 0.3) is 0 Å². The minimum absolute atomic E-state index is 0.180. The highest BCUT2D eigenvalue weighted by atomic mass is 16.5. The van der Waals surface area contributed by atoms with Crippen molar-refractivity contribution in [2.24, 2.45) is 5.10 Å². The van der Waals surface area contributed by atoms with E-state index in [1.54, 1.807) is 12.1 Å². The molecule has 20 heavy (non-hydrogen) atoms. The molecule has 102 valence electrons. The SMILES string of the molecule is Cc1ccc(N2N=C(c3ccn[nH]3)C(O)(O)C2=O)cc1. The van der Waals surface area contributed by atoms with Gasteiger partial charge in [-0.15, -0.1) is 0 Å². The number of nitrogens with zero attached hydrogens (tertiary/aromatic N) is 3. The van der Waals surface area contributed by atoms with Crippen LogP contribution in [-0.4, -0.2) is 37.8 Å². The summed E-state index contributed by atoms with van der Waals surface area (Å²) in [4.78, 5) is 12.1. The molecule has 0 aliphatic carbocycles. The van der Waals surface area contributed by atoms with Gasteiger partial charge in [-0.1, -0.05) is 17.7 Å². The van der Waals surface area contributed by atoms with Crippen molar-refractivity contribution in [2.75, 3.05) is 5.01 Å². The number of nitrogens with one attached hydrogen (secondary N) is 1. The van der Waals surface area contributed by atoms with Gasteiger partial charge in [0.15, 0.2) is 5.71 Å². The van der Waals surface area contributed by atoms with Gasteiger partial charge in [-0.2, -0.15) is 15.2 Å². The number of hydrogen-bond donors (Lipinski definition) is 3. The molecule has 1 aromatic carbocycles. The van der Waals surface area contributed by atoms with Crippen LogP contribution in [0.15, 0.2) is 41.6 Å². The summed E-state index contributed by atoms with van der Waals surface area (Å²) in [6, 6.07) is 8.49. The van der Waals surface area contributed by atoms with Crippen molar-refractivity contribution in [3.63, 3.8) is 0 Å². The van der Waals surface area contributed by atoms with Crippen LogP contribution in [0.5, 0.6) is 0 Å². The number of rotatable bonds is 2. The van der Waals surface area contributed by atoms with Gasteiger partial charge in [-0.25, -0.2) is 0 Å². The molecule has 7 heteroatoms. The molecule has 0 saturated carbocycles. The fraction of sp³-hybridized carbons (Fsp3) is 0.154. The Labute approximate surface area is 114 Å². The maximum atomic E-state index is 12.1. The summed E-state index contributed by atoms with van der Waals surface area (Å²) < 4.78 is 0. The van der Waals surface area contributed by atoms with Gasteiger partial charge in [-0.3, -0.25) is 9.89 Å². The molecule has 2 aromatic rings. The Morgan fingerprint density at radius 1 is 1.20 bits per heavy atom. The minimum Gasteiger partial charge on any atom is -0.353 e. The Morgan fingerprint density at radius 3 is 2.50 bits per heavy atom. The van der Waals surface area contributed by atoms with Gasteiger partial charge >= 0.3 is 5.91 Å². The Kier molecular flexibility index (Phi) is 2.66. The third kappa shape index (κ3) is 1.80. The minimum atomic E-state index is -2.67. The third-order valence-electron chi connectivity index (χ3n) is 3.06.